The summed E-state index contributed by atoms with van der Waals surface area (Å²) >= 11 is 0. The monoisotopic (exact) mass is 420 g/mol. The Bertz CT molecular complexity index is 1100. The number of nitrogens with one attached hydrogen (secondary N) is 1. The summed E-state index contributed by atoms with van der Waals surface area (Å²) in [6.07, 6.45) is 1.82. The fraction of sp³-hybridized carbons (Fsp3) is 0.346. The van der Waals surface area contributed by atoms with E-state index in [2.05, 4.69) is 43.9 Å². The van der Waals surface area contributed by atoms with Gasteiger partial charge in [-0.15, -0.1) is 6.58 Å². The Kier molecular flexibility index (Phi) is 7.06. The van der Waals surface area contributed by atoms with Gasteiger partial charge in [0.2, 0.25) is 0 Å². The number of carbonyl (C=O) groups excluding carboxylic acids is 1. The minimum Gasteiger partial charge on any atom is -0.490 e. The molecule has 0 atom stereocenters. The predicted octanol–water partition coefficient (Wildman–Crippen LogP) is 6.31. The van der Waals surface area contributed by atoms with Crippen LogP contribution in [-0.4, -0.2) is 23.7 Å². The lowest BCUT2D eigenvalue weighted by Crippen LogP contribution is -2.18. The van der Waals surface area contributed by atoms with Crippen LogP contribution in [0.5, 0.6) is 11.5 Å². The first-order valence-corrected chi connectivity index (χ1v) is 10.9. The van der Waals surface area contributed by atoms with Crippen molar-refractivity contribution in [3.8, 4) is 11.5 Å². The zero-order valence-electron chi connectivity index (χ0n) is 19.1. The van der Waals surface area contributed by atoms with E-state index in [0.717, 1.165) is 16.5 Å². The molecule has 0 fully saturated rings. The van der Waals surface area contributed by atoms with E-state index >= 15 is 0 Å². The van der Waals surface area contributed by atoms with Crippen molar-refractivity contribution in [2.45, 2.75) is 47.1 Å². The maximum atomic E-state index is 13.4. The van der Waals surface area contributed by atoms with E-state index in [1.807, 2.05) is 43.5 Å². The number of carbonyl (C=O) groups is 1. The number of rotatable bonds is 9. The van der Waals surface area contributed by atoms with Crippen molar-refractivity contribution in [2.24, 2.45) is 0 Å². The number of aryl methyl sites for hydroxylation is 1. The SMILES string of the molecule is C=CCn1c(C(=O)Nc2ccc(OCC)c(OCC)c2)c(C)c2cc(C(C)C)ccc21. The Morgan fingerprint density at radius 1 is 1.10 bits per heavy atom. The highest BCUT2D eigenvalue weighted by atomic mass is 16.5. The van der Waals surface area contributed by atoms with Crippen LogP contribution in [0.1, 0.15) is 55.2 Å². The second-order valence-electron chi connectivity index (χ2n) is 7.79. The van der Waals surface area contributed by atoms with Gasteiger partial charge in [0, 0.05) is 29.2 Å². The number of amides is 1. The van der Waals surface area contributed by atoms with E-state index in [1.165, 1.54) is 5.56 Å². The molecule has 0 spiro atoms. The molecule has 0 radical (unpaired) electrons. The van der Waals surface area contributed by atoms with Crippen LogP contribution >= 0.6 is 0 Å². The third-order valence-electron chi connectivity index (χ3n) is 5.34. The van der Waals surface area contributed by atoms with Crippen molar-refractivity contribution in [1.82, 2.24) is 4.57 Å². The Balaban J connectivity index is 2.02. The summed E-state index contributed by atoms with van der Waals surface area (Å²) in [7, 11) is 0. The number of hydrogen-bond donors (Lipinski definition) is 1. The Morgan fingerprint density at radius 3 is 2.45 bits per heavy atom. The molecule has 5 nitrogen and oxygen atoms in total. The number of anilines is 1. The third kappa shape index (κ3) is 4.61. The van der Waals surface area contributed by atoms with E-state index < -0.39 is 0 Å². The highest BCUT2D eigenvalue weighted by Gasteiger charge is 2.21. The third-order valence-corrected chi connectivity index (χ3v) is 5.34. The average Bonchev–Trinajstić information content (AvgIpc) is 3.02. The highest BCUT2D eigenvalue weighted by Crippen LogP contribution is 2.32. The Labute approximate surface area is 184 Å². The number of ether oxygens (including phenoxy) is 2. The Hall–Kier alpha value is -3.21. The van der Waals surface area contributed by atoms with Crippen LogP contribution in [0.15, 0.2) is 49.1 Å². The molecule has 2 aromatic carbocycles. The van der Waals surface area contributed by atoms with Crippen LogP contribution in [0.4, 0.5) is 5.69 Å². The summed E-state index contributed by atoms with van der Waals surface area (Å²) in [5.74, 6) is 1.55. The fourth-order valence-corrected chi connectivity index (χ4v) is 3.83. The van der Waals surface area contributed by atoms with Gasteiger partial charge >= 0.3 is 0 Å². The standard InChI is InChI=1S/C26H32N2O3/c1-7-14-28-22-12-10-19(17(4)5)15-21(22)18(6)25(28)26(29)27-20-11-13-23(30-8-2)24(16-20)31-9-3/h7,10-13,15-17H,1,8-9,14H2,2-6H3,(H,27,29). The largest absolute Gasteiger partial charge is 0.490 e. The number of allylic oxidation sites excluding steroid dienone is 1. The molecule has 0 aliphatic carbocycles. The van der Waals surface area contributed by atoms with Gasteiger partial charge in [0.1, 0.15) is 5.69 Å². The van der Waals surface area contributed by atoms with Crippen molar-refractivity contribution in [3.05, 3.63) is 65.9 Å². The molecule has 0 aliphatic heterocycles. The van der Waals surface area contributed by atoms with Gasteiger partial charge in [-0.25, -0.2) is 0 Å². The van der Waals surface area contributed by atoms with E-state index in [-0.39, 0.29) is 5.91 Å². The molecule has 0 bridgehead atoms. The van der Waals surface area contributed by atoms with E-state index in [0.29, 0.717) is 48.6 Å². The number of hydrogen-bond acceptors (Lipinski definition) is 3. The van der Waals surface area contributed by atoms with Crippen molar-refractivity contribution >= 4 is 22.5 Å². The molecule has 0 unspecified atom stereocenters. The van der Waals surface area contributed by atoms with Crippen molar-refractivity contribution in [1.29, 1.82) is 0 Å². The average molecular weight is 421 g/mol. The van der Waals surface area contributed by atoms with Gasteiger partial charge in [-0.2, -0.15) is 0 Å². The minimum atomic E-state index is -0.159. The molecule has 164 valence electrons. The molecular weight excluding hydrogens is 388 g/mol. The fourth-order valence-electron chi connectivity index (χ4n) is 3.83. The normalized spacial score (nSPS) is 11.0. The summed E-state index contributed by atoms with van der Waals surface area (Å²) in [5.41, 5.74) is 4.56. The van der Waals surface area contributed by atoms with Gasteiger partial charge in [0.05, 0.1) is 13.2 Å². The van der Waals surface area contributed by atoms with Gasteiger partial charge in [0.25, 0.3) is 5.91 Å². The second-order valence-corrected chi connectivity index (χ2v) is 7.79. The minimum absolute atomic E-state index is 0.159. The number of nitrogens with zero attached hydrogens (tertiary/aromatic N) is 1. The second kappa shape index (κ2) is 9.73. The van der Waals surface area contributed by atoms with Crippen LogP contribution in [-0.2, 0) is 6.54 Å². The highest BCUT2D eigenvalue weighted by molar-refractivity contribution is 6.08. The van der Waals surface area contributed by atoms with Crippen LogP contribution in [0.25, 0.3) is 10.9 Å². The molecule has 5 heteroatoms. The molecule has 1 N–H and O–H groups in total. The van der Waals surface area contributed by atoms with Crippen LogP contribution in [0.3, 0.4) is 0 Å². The summed E-state index contributed by atoms with van der Waals surface area (Å²) in [4.78, 5) is 13.4. The van der Waals surface area contributed by atoms with Gasteiger partial charge < -0.3 is 19.4 Å². The van der Waals surface area contributed by atoms with Crippen LogP contribution in [0, 0.1) is 6.92 Å². The molecule has 31 heavy (non-hydrogen) atoms. The van der Waals surface area contributed by atoms with Gasteiger partial charge in [-0.3, -0.25) is 4.79 Å². The maximum Gasteiger partial charge on any atom is 0.272 e. The smallest absolute Gasteiger partial charge is 0.272 e. The van der Waals surface area contributed by atoms with E-state index in [1.54, 1.807) is 6.07 Å². The van der Waals surface area contributed by atoms with Crippen LogP contribution in [0.2, 0.25) is 0 Å². The van der Waals surface area contributed by atoms with E-state index in [4.69, 9.17) is 9.47 Å². The molecule has 0 saturated heterocycles. The number of benzene rings is 2. The Morgan fingerprint density at radius 2 is 1.81 bits per heavy atom. The molecule has 0 saturated carbocycles. The topological polar surface area (TPSA) is 52.5 Å². The maximum absolute atomic E-state index is 13.4. The zero-order chi connectivity index (χ0) is 22.5. The van der Waals surface area contributed by atoms with Crippen molar-refractivity contribution in [2.75, 3.05) is 18.5 Å². The van der Waals surface area contributed by atoms with Crippen molar-refractivity contribution in [3.63, 3.8) is 0 Å². The van der Waals surface area contributed by atoms with Gasteiger partial charge in [-0.05, 0) is 62.1 Å². The first-order valence-electron chi connectivity index (χ1n) is 10.9. The number of fused-ring (bicyclic) bond motifs is 1. The summed E-state index contributed by atoms with van der Waals surface area (Å²) < 4.78 is 13.3. The van der Waals surface area contributed by atoms with E-state index in [9.17, 15) is 4.79 Å². The molecule has 1 amide bonds. The molecular formula is C26H32N2O3. The van der Waals surface area contributed by atoms with Crippen LogP contribution < -0.4 is 14.8 Å². The summed E-state index contributed by atoms with van der Waals surface area (Å²) in [5, 5.41) is 4.13. The zero-order valence-corrected chi connectivity index (χ0v) is 19.1. The molecule has 0 aliphatic rings. The summed E-state index contributed by atoms with van der Waals surface area (Å²) in [6.45, 7) is 15.7. The summed E-state index contributed by atoms with van der Waals surface area (Å²) in [6, 6.07) is 11.9. The first kappa shape index (κ1) is 22.5. The van der Waals surface area contributed by atoms with Gasteiger partial charge in [-0.1, -0.05) is 26.0 Å². The first-order chi connectivity index (χ1) is 14.9. The molecule has 1 aromatic heterocycles. The molecule has 3 aromatic rings. The lowest BCUT2D eigenvalue weighted by molar-refractivity contribution is 0.101. The molecule has 1 heterocycles. The quantitative estimate of drug-likeness (QED) is 0.413. The lowest BCUT2D eigenvalue weighted by Gasteiger charge is -2.14. The van der Waals surface area contributed by atoms with Gasteiger partial charge in [0.15, 0.2) is 11.5 Å². The number of aromatic nitrogens is 1. The lowest BCUT2D eigenvalue weighted by atomic mass is 10.0. The molecule has 3 rings (SSSR count). The van der Waals surface area contributed by atoms with Crippen molar-refractivity contribution < 1.29 is 14.3 Å². The predicted molar refractivity (Wildman–Crippen MR) is 128 cm³/mol.